The zero-order valence-electron chi connectivity index (χ0n) is 6.45. The van der Waals surface area contributed by atoms with Crippen LogP contribution in [0.15, 0.2) is 29.3 Å². The van der Waals surface area contributed by atoms with Crippen molar-refractivity contribution in [2.75, 3.05) is 7.11 Å². The minimum Gasteiger partial charge on any atom is -0.497 e. The molecule has 0 spiro atoms. The SMILES string of the molecule is [CH-]=Nc1ccc(OC)cc1.[Rf]. The van der Waals surface area contributed by atoms with E-state index in [2.05, 4.69) is 4.99 Å². The quantitative estimate of drug-likeness (QED) is 0.548. The predicted molar refractivity (Wildman–Crippen MR) is 41.1 cm³/mol. The number of rotatable bonds is 2. The minimum atomic E-state index is 0. The zero-order valence-corrected chi connectivity index (χ0v) is 12.8. The molecule has 0 radical (unpaired) electrons. The molecule has 0 aliphatic carbocycles. The second kappa shape index (κ2) is 3.67. The predicted octanol–water partition coefficient (Wildman–Crippen LogP) is 1.90. The van der Waals surface area contributed by atoms with Crippen LogP contribution in [0.1, 0.15) is 0 Å². The first kappa shape index (κ1) is 8.69. The molecule has 0 heterocycles. The average molecular weight is 401 g/mol. The Kier molecular flexibility index (Phi) is 2.90. The normalized spacial score (nSPS) is 8.09. The summed E-state index contributed by atoms with van der Waals surface area (Å²) in [5, 5.41) is 0. The number of hydrogen-bond acceptors (Lipinski definition) is 2. The molecule has 0 amide bonds. The smallest absolute Gasteiger partial charge is 0.115 e. The van der Waals surface area contributed by atoms with Crippen LogP contribution < -0.4 is 4.74 Å². The van der Waals surface area contributed by atoms with Crippen molar-refractivity contribution in [3.63, 3.8) is 0 Å². The molecule has 0 saturated heterocycles. The first-order valence-corrected chi connectivity index (χ1v) is 2.92. The van der Waals surface area contributed by atoms with E-state index in [9.17, 15) is 0 Å². The van der Waals surface area contributed by atoms with Gasteiger partial charge in [0.05, 0.1) is 7.11 Å². The van der Waals surface area contributed by atoms with Crippen LogP contribution in [0.3, 0.4) is 0 Å². The van der Waals surface area contributed by atoms with Gasteiger partial charge in [0.25, 0.3) is 0 Å². The van der Waals surface area contributed by atoms with Crippen molar-refractivity contribution < 1.29 is 4.74 Å². The molecule has 0 unspecified atom stereocenters. The summed E-state index contributed by atoms with van der Waals surface area (Å²) in [7, 11) is 1.62. The van der Waals surface area contributed by atoms with Gasteiger partial charge in [0.1, 0.15) is 5.75 Å². The minimum absolute atomic E-state index is 0. The Morgan fingerprint density at radius 2 is 1.82 bits per heavy atom. The first-order chi connectivity index (χ1) is 4.86. The van der Waals surface area contributed by atoms with Crippen molar-refractivity contribution in [3.8, 4) is 5.75 Å². The average Bonchev–Trinajstić information content (AvgIpc) is 2.05. The Labute approximate surface area is 60.2 Å². The number of benzene rings is 1. The Morgan fingerprint density at radius 1 is 1.27 bits per heavy atom. The van der Waals surface area contributed by atoms with Gasteiger partial charge in [0, 0.05) is 0 Å². The van der Waals surface area contributed by atoms with E-state index in [0.29, 0.717) is 0 Å². The number of ether oxygens (including phenoxy) is 1. The topological polar surface area (TPSA) is 21.6 Å². The fraction of sp³-hybridized carbons (Fsp3) is 0.125. The number of hydrogen-bond donors (Lipinski definition) is 0. The van der Waals surface area contributed by atoms with Gasteiger partial charge in [-0.15, -0.1) is 12.1 Å². The summed E-state index contributed by atoms with van der Waals surface area (Å²) >= 11 is 0. The van der Waals surface area contributed by atoms with Crippen molar-refractivity contribution in [1.29, 1.82) is 0 Å². The van der Waals surface area contributed by atoms with Crippen LogP contribution in [0.2, 0.25) is 0 Å². The van der Waals surface area contributed by atoms with Crippen LogP contribution in [0, 0.1) is 0 Å². The van der Waals surface area contributed by atoms with Gasteiger partial charge in [0.2, 0.25) is 0 Å². The van der Waals surface area contributed by atoms with Gasteiger partial charge >= 0.3 is 0 Å². The first-order valence-electron chi connectivity index (χ1n) is 2.92. The van der Waals surface area contributed by atoms with Crippen molar-refractivity contribution in [1.82, 2.24) is 0 Å². The number of aliphatic imine (C=N–C) groups is 1. The van der Waals surface area contributed by atoms with Crippen LogP contribution in [-0.2, 0) is 0 Å². The Bertz CT molecular complexity index is 220. The third-order valence-corrected chi connectivity index (χ3v) is 1.22. The molecule has 0 fully saturated rings. The molecule has 3 heteroatoms. The molecule has 1 rings (SSSR count). The number of methoxy groups -OCH3 is 1. The van der Waals surface area contributed by atoms with E-state index < -0.39 is 0 Å². The van der Waals surface area contributed by atoms with Gasteiger partial charge in [-0.05, 0) is 12.1 Å². The summed E-state index contributed by atoms with van der Waals surface area (Å²) in [5.74, 6) is 0.812. The second-order valence-electron chi connectivity index (χ2n) is 1.83. The maximum Gasteiger partial charge on any atom is 0.115 e. The van der Waals surface area contributed by atoms with E-state index >= 15 is 0 Å². The maximum absolute atomic E-state index is 5.03. The van der Waals surface area contributed by atoms with Gasteiger partial charge in [-0.25, -0.2) is 0 Å². The fourth-order valence-electron chi connectivity index (χ4n) is 0.668. The van der Waals surface area contributed by atoms with Gasteiger partial charge in [0.15, 0.2) is 0 Å². The second-order valence-corrected chi connectivity index (χ2v) is 1.83. The third kappa shape index (κ3) is 1.82. The van der Waals surface area contributed by atoms with Crippen LogP contribution in [0.4, 0.5) is 5.69 Å². The standard InChI is InChI=1S/C8H8NO.Rf/c1-9-7-3-5-8(10-2)6-4-7;/h1,3-6H,2H3;/q-1;. The molecular formula is C8H8NORf-. The molecule has 0 N–H and O–H groups in total. The van der Waals surface area contributed by atoms with E-state index in [4.69, 9.17) is 11.5 Å². The largest absolute Gasteiger partial charge is 0.497 e. The molecule has 0 bridgehead atoms. The molecule has 0 saturated carbocycles. The Morgan fingerprint density at radius 3 is 2.18 bits per heavy atom. The molecule has 2 nitrogen and oxygen atoms in total. The summed E-state index contributed by atoms with van der Waals surface area (Å²) in [6.07, 6.45) is 0. The summed E-state index contributed by atoms with van der Waals surface area (Å²) in [6, 6.07) is 7.20. The van der Waals surface area contributed by atoms with E-state index in [1.165, 1.54) is 0 Å². The molecule has 0 aliphatic rings. The summed E-state index contributed by atoms with van der Waals surface area (Å²) in [6.45, 7) is 5.03. The van der Waals surface area contributed by atoms with Crippen molar-refractivity contribution in [2.24, 2.45) is 4.99 Å². The van der Waals surface area contributed by atoms with Gasteiger partial charge in [-0.2, -0.15) is 6.72 Å². The maximum atomic E-state index is 5.03. The Balaban J connectivity index is 0.000001000. The van der Waals surface area contributed by atoms with Gasteiger partial charge < -0.3 is 9.73 Å². The fourth-order valence-corrected chi connectivity index (χ4v) is 0.668. The van der Waals surface area contributed by atoms with Crippen molar-refractivity contribution >= 4 is 12.4 Å². The third-order valence-electron chi connectivity index (χ3n) is 1.22. The van der Waals surface area contributed by atoms with E-state index in [1.807, 2.05) is 12.1 Å². The van der Waals surface area contributed by atoms with Crippen LogP contribution in [0.5, 0.6) is 5.75 Å². The van der Waals surface area contributed by atoms with Crippen molar-refractivity contribution in [3.05, 3.63) is 24.3 Å². The molecular weight excluding hydrogens is 393 g/mol. The van der Waals surface area contributed by atoms with Crippen molar-refractivity contribution in [2.45, 2.75) is 0 Å². The zero-order chi connectivity index (χ0) is 7.40. The van der Waals surface area contributed by atoms with Crippen LogP contribution in [0.25, 0.3) is 0 Å². The molecule has 0 aromatic heterocycles. The van der Waals surface area contributed by atoms with E-state index in [-0.39, 0.29) is 0 Å². The molecule has 1 aromatic carbocycles. The number of nitrogens with zero attached hydrogens (tertiary/aromatic N) is 1. The summed E-state index contributed by atoms with van der Waals surface area (Å²) in [4.78, 5) is 3.49. The van der Waals surface area contributed by atoms with Gasteiger partial charge in [-0.1, -0.05) is 5.69 Å². The Hall–Kier alpha value is -2.31. The van der Waals surface area contributed by atoms with Gasteiger partial charge in [-0.3, -0.25) is 0 Å². The summed E-state index contributed by atoms with van der Waals surface area (Å²) < 4.78 is 4.93. The molecule has 0 aliphatic heterocycles. The molecule has 11 heavy (non-hydrogen) atoms. The molecule has 0 atom stereocenters. The molecule has 54 valence electrons. The monoisotopic (exact) mass is 401 g/mol. The van der Waals surface area contributed by atoms with E-state index in [0.717, 1.165) is 11.4 Å². The van der Waals surface area contributed by atoms with Crippen LogP contribution >= 0.6 is 0 Å². The molecule has 1 aromatic rings. The van der Waals surface area contributed by atoms with E-state index in [1.54, 1.807) is 19.2 Å². The van der Waals surface area contributed by atoms with Crippen LogP contribution in [-0.4, -0.2) is 13.8 Å². The summed E-state index contributed by atoms with van der Waals surface area (Å²) in [5.41, 5.74) is 0.751.